The SMILES string of the molecule is O.O.O.O.O.O.O.O.O.O=[N+]([O-])[O-].O=[N+]([O-])[O-].O=[N+]([O-])[O-].O=[N+]([O-])[O-].O=[N+]([O-])[O-].O=[N+]([O-])[O-].[Fe+3].[Fe+3]. The van der Waals surface area contributed by atoms with Gasteiger partial charge in [-0.25, -0.2) is 0 Å². The number of hydrogen-bond donors (Lipinski definition) is 0. The van der Waals surface area contributed by atoms with Gasteiger partial charge in [-0.3, -0.25) is 0 Å². The Morgan fingerprint density at radius 3 is 0.229 bits per heavy atom. The van der Waals surface area contributed by atoms with Crippen molar-refractivity contribution in [3.63, 3.8) is 0 Å². The van der Waals surface area contributed by atoms with Gasteiger partial charge in [0.1, 0.15) is 0 Å². The molecule has 0 fully saturated rings. The van der Waals surface area contributed by atoms with Crippen LogP contribution in [0.15, 0.2) is 0 Å². The molecule has 0 aromatic heterocycles. The van der Waals surface area contributed by atoms with Gasteiger partial charge in [0, 0.05) is 0 Å². The summed E-state index contributed by atoms with van der Waals surface area (Å²) >= 11 is 0. The van der Waals surface area contributed by atoms with Crippen LogP contribution in [-0.4, -0.2) is 79.8 Å². The Morgan fingerprint density at radius 1 is 0.229 bits per heavy atom. The van der Waals surface area contributed by atoms with Crippen molar-refractivity contribution in [2.24, 2.45) is 0 Å². The zero-order valence-corrected chi connectivity index (χ0v) is 17.4. The summed E-state index contributed by atoms with van der Waals surface area (Å²) in [4.78, 5) is 49.5. The zero-order chi connectivity index (χ0) is 21.5. The Labute approximate surface area is 206 Å². The molecule has 18 N–H and O–H groups in total. The van der Waals surface area contributed by atoms with Crippen molar-refractivity contribution in [2.75, 3.05) is 0 Å². The molecule has 0 rings (SSSR count). The van der Waals surface area contributed by atoms with Crippen molar-refractivity contribution in [1.82, 2.24) is 0 Å². The van der Waals surface area contributed by atoms with Crippen molar-refractivity contribution < 1.29 is 114 Å². The van der Waals surface area contributed by atoms with Gasteiger partial charge >= 0.3 is 34.1 Å². The Morgan fingerprint density at radius 2 is 0.229 bits per heavy atom. The van der Waals surface area contributed by atoms with Crippen molar-refractivity contribution in [3.05, 3.63) is 91.9 Å². The number of hydrogen-bond acceptors (Lipinski definition) is 18. The molecule has 0 aromatic carbocycles. The molecule has 0 aromatic rings. The van der Waals surface area contributed by atoms with E-state index >= 15 is 0 Å². The molecule has 0 aliphatic rings. The maximum atomic E-state index is 8.25. The monoisotopic (exact) mass is 646 g/mol. The Kier molecular flexibility index (Phi) is 529. The first-order valence-electron chi connectivity index (χ1n) is 3.29. The molecular formula is H18Fe2N6O27. The summed E-state index contributed by atoms with van der Waals surface area (Å²) in [5.41, 5.74) is 0. The van der Waals surface area contributed by atoms with Crippen LogP contribution in [0.3, 0.4) is 0 Å². The van der Waals surface area contributed by atoms with E-state index in [0.29, 0.717) is 0 Å². The fraction of sp³-hybridized carbons (Fsp3) is 0. The van der Waals surface area contributed by atoms with Crippen molar-refractivity contribution in [3.8, 4) is 0 Å². The second-order valence-electron chi connectivity index (χ2n) is 1.34. The maximum Gasteiger partial charge on any atom is 3.00 e. The summed E-state index contributed by atoms with van der Waals surface area (Å²) in [5, 5.41) is 88.5. The first-order chi connectivity index (χ1) is 10.4. The van der Waals surface area contributed by atoms with Crippen LogP contribution in [0.4, 0.5) is 0 Å². The summed E-state index contributed by atoms with van der Waals surface area (Å²) in [5.74, 6) is 0. The first kappa shape index (κ1) is 143. The van der Waals surface area contributed by atoms with Gasteiger partial charge in [-0.05, 0) is 0 Å². The van der Waals surface area contributed by atoms with Crippen molar-refractivity contribution in [1.29, 1.82) is 0 Å². The van der Waals surface area contributed by atoms with Crippen LogP contribution in [0.2, 0.25) is 0 Å². The van der Waals surface area contributed by atoms with Gasteiger partial charge in [0.25, 0.3) is 0 Å². The van der Waals surface area contributed by atoms with Crippen molar-refractivity contribution in [2.45, 2.75) is 0 Å². The van der Waals surface area contributed by atoms with Crippen LogP contribution < -0.4 is 0 Å². The van der Waals surface area contributed by atoms with Gasteiger partial charge < -0.3 is 141 Å². The van der Waals surface area contributed by atoms with Crippen LogP contribution in [0.25, 0.3) is 0 Å². The molecule has 0 aliphatic carbocycles. The van der Waals surface area contributed by atoms with E-state index in [0.717, 1.165) is 0 Å². The third kappa shape index (κ3) is 1370. The topological polar surface area (TPSA) is 681 Å². The van der Waals surface area contributed by atoms with E-state index in [4.69, 9.17) is 91.9 Å². The van der Waals surface area contributed by atoms with Crippen molar-refractivity contribution >= 4 is 0 Å². The number of nitrogens with zero attached hydrogens (tertiary/aromatic N) is 6. The minimum Gasteiger partial charge on any atom is -0.412 e. The largest absolute Gasteiger partial charge is 3.00 e. The van der Waals surface area contributed by atoms with Crippen LogP contribution in [0.5, 0.6) is 0 Å². The smallest absolute Gasteiger partial charge is 0.412 e. The Bertz CT molecular complexity index is 265. The third-order valence-corrected chi connectivity index (χ3v) is 0. The van der Waals surface area contributed by atoms with Gasteiger partial charge in [0.15, 0.2) is 0 Å². The summed E-state index contributed by atoms with van der Waals surface area (Å²) in [6.07, 6.45) is 0. The Hall–Kier alpha value is -4.12. The molecule has 2 radical (unpaired) electrons. The predicted molar refractivity (Wildman–Crippen MR) is 94.7 cm³/mol. The molecule has 0 saturated heterocycles. The molecule has 0 atom stereocenters. The molecule has 0 saturated carbocycles. The number of rotatable bonds is 0. The van der Waals surface area contributed by atoms with E-state index in [1.54, 1.807) is 0 Å². The van der Waals surface area contributed by atoms with Crippen LogP contribution >= 0.6 is 0 Å². The molecule has 0 amide bonds. The molecule has 0 bridgehead atoms. The maximum absolute atomic E-state index is 8.25. The minimum atomic E-state index is -1.75. The van der Waals surface area contributed by atoms with Crippen LogP contribution in [-0.2, 0) is 34.1 Å². The van der Waals surface area contributed by atoms with Gasteiger partial charge in [0.2, 0.25) is 0 Å². The van der Waals surface area contributed by atoms with Gasteiger partial charge in [-0.2, -0.15) is 0 Å². The molecule has 0 aliphatic heterocycles. The fourth-order valence-corrected chi connectivity index (χ4v) is 0. The predicted octanol–water partition coefficient (Wildman–Crippen LogP) is -8.86. The molecule has 35 heteroatoms. The first-order valence-corrected chi connectivity index (χ1v) is 3.29. The zero-order valence-electron chi connectivity index (χ0n) is 15.2. The normalized spacial score (nSPS) is 4.11. The minimum absolute atomic E-state index is 0. The summed E-state index contributed by atoms with van der Waals surface area (Å²) in [6, 6.07) is 0. The average Bonchev–Trinajstić information content (AvgIpc) is 2.08. The fourth-order valence-electron chi connectivity index (χ4n) is 0. The van der Waals surface area contributed by atoms with E-state index in [9.17, 15) is 0 Å². The third-order valence-electron chi connectivity index (χ3n) is 0. The quantitative estimate of drug-likeness (QED) is 0.134. The van der Waals surface area contributed by atoms with Gasteiger partial charge in [-0.15, -0.1) is 0 Å². The molecule has 35 heavy (non-hydrogen) atoms. The molecule has 0 heterocycles. The summed E-state index contributed by atoms with van der Waals surface area (Å²) < 4.78 is 0. The molecule has 226 valence electrons. The molecule has 0 unspecified atom stereocenters. The summed E-state index contributed by atoms with van der Waals surface area (Å²) in [6.45, 7) is 0. The van der Waals surface area contributed by atoms with E-state index in [1.807, 2.05) is 0 Å². The van der Waals surface area contributed by atoms with Gasteiger partial charge in [-0.1, -0.05) is 0 Å². The van der Waals surface area contributed by atoms with E-state index in [-0.39, 0.29) is 83.4 Å². The van der Waals surface area contributed by atoms with E-state index < -0.39 is 30.5 Å². The average molecular weight is 646 g/mol. The Balaban J connectivity index is -0.00000000697. The van der Waals surface area contributed by atoms with E-state index in [2.05, 4.69) is 0 Å². The second-order valence-corrected chi connectivity index (χ2v) is 1.34. The molecule has 0 spiro atoms. The molecule has 33 nitrogen and oxygen atoms in total. The van der Waals surface area contributed by atoms with Gasteiger partial charge in [0.05, 0.1) is 30.5 Å². The molecular weight excluding hydrogens is 628 g/mol. The van der Waals surface area contributed by atoms with Crippen LogP contribution in [0.1, 0.15) is 0 Å². The summed E-state index contributed by atoms with van der Waals surface area (Å²) in [7, 11) is 0. The standard InChI is InChI=1S/2Fe.6NO3.9H2O/c;;6*2-1(3)4;;;;;;;;;/h;;;;;;;;9*1H2/q2*+3;6*-1;;;;;;;;;. The van der Waals surface area contributed by atoms with Crippen LogP contribution in [0, 0.1) is 91.9 Å². The second kappa shape index (κ2) is 129. The van der Waals surface area contributed by atoms with E-state index in [1.165, 1.54) is 0 Å².